The van der Waals surface area contributed by atoms with Gasteiger partial charge in [-0.3, -0.25) is 28.8 Å². The number of aliphatic hydroxyl groups excluding tert-OH is 10. The van der Waals surface area contributed by atoms with E-state index in [-0.39, 0.29) is 67.0 Å². The molecule has 24 nitrogen and oxygen atoms in total. The molecule has 68 heavy (non-hydrogen) atoms. The van der Waals surface area contributed by atoms with Gasteiger partial charge < -0.3 is 91.6 Å². The summed E-state index contributed by atoms with van der Waals surface area (Å²) in [5.41, 5.74) is -0.380. The summed E-state index contributed by atoms with van der Waals surface area (Å²) in [6.07, 6.45) is -9.41. The van der Waals surface area contributed by atoms with Crippen molar-refractivity contribution >= 4 is 46.8 Å². The van der Waals surface area contributed by atoms with E-state index in [1.54, 1.807) is 0 Å². The number of rotatable bonds is 27. The summed E-state index contributed by atoms with van der Waals surface area (Å²) in [6.45, 7) is 1.27. The molecule has 0 aromatic heterocycles. The van der Waals surface area contributed by atoms with Crippen molar-refractivity contribution in [2.45, 2.75) is 78.2 Å². The van der Waals surface area contributed by atoms with E-state index < -0.39 is 151 Å². The molecule has 0 bridgehead atoms. The Kier molecular flexibility index (Phi) is 24.0. The van der Waals surface area contributed by atoms with Crippen molar-refractivity contribution < 1.29 is 89.3 Å². The van der Waals surface area contributed by atoms with Crippen LogP contribution in [0.25, 0.3) is 0 Å². The van der Waals surface area contributed by atoms with Gasteiger partial charge in [0.05, 0.1) is 87.5 Å². The molecule has 0 aliphatic rings. The van der Waals surface area contributed by atoms with Gasteiger partial charge in [0.2, 0.25) is 0 Å². The summed E-state index contributed by atoms with van der Waals surface area (Å²) in [4.78, 5) is 85.1. The average Bonchev–Trinajstić information content (AvgIpc) is 3.29. The van der Waals surface area contributed by atoms with E-state index in [4.69, 9.17) is 9.47 Å². The zero-order valence-corrected chi connectivity index (χ0v) is 39.6. The minimum atomic E-state index is -1.97. The fourth-order valence-electron chi connectivity index (χ4n) is 7.69. The normalized spacial score (nSPS) is 14.0. The second-order valence-electron chi connectivity index (χ2n) is 16.1. The van der Waals surface area contributed by atoms with Crippen molar-refractivity contribution in [1.29, 1.82) is 0 Å². The lowest BCUT2D eigenvalue weighted by molar-refractivity contribution is -0.124. The van der Waals surface area contributed by atoms with Gasteiger partial charge in [-0.15, -0.1) is 0 Å². The van der Waals surface area contributed by atoms with Crippen LogP contribution in [0.4, 0.5) is 11.4 Å². The highest BCUT2D eigenvalue weighted by Crippen LogP contribution is 2.37. The maximum Gasteiger partial charge on any atom is 0.253 e. The number of hydrogen-bond acceptors (Lipinski definition) is 18. The van der Waals surface area contributed by atoms with Crippen LogP contribution >= 0.6 is 0 Å². The maximum atomic E-state index is 14.0. The molecular weight excluding hydrogens is 901 g/mol. The van der Waals surface area contributed by atoms with E-state index >= 15 is 0 Å². The topological polar surface area (TPSA) is 378 Å². The van der Waals surface area contributed by atoms with Gasteiger partial charge in [-0.25, -0.2) is 0 Å². The molecule has 0 fully saturated rings. The highest BCUT2D eigenvalue weighted by molar-refractivity contribution is 6.10. The molecule has 6 amide bonds. The maximum absolute atomic E-state index is 14.0. The van der Waals surface area contributed by atoms with Crippen LogP contribution in [0.5, 0.6) is 0 Å². The number of nitrogens with one attached hydrogen (secondary N) is 4. The summed E-state index contributed by atoms with van der Waals surface area (Å²) in [5, 5.41) is 111. The fraction of sp³-hybridized carbons (Fsp3) is 0.591. The first-order chi connectivity index (χ1) is 32.0. The summed E-state index contributed by atoms with van der Waals surface area (Å²) < 4.78 is 10.3. The van der Waals surface area contributed by atoms with Crippen molar-refractivity contribution in [3.8, 4) is 0 Å². The third-order valence-electron chi connectivity index (χ3n) is 11.0. The third kappa shape index (κ3) is 14.9. The molecular formula is C44H68N6O18. The summed E-state index contributed by atoms with van der Waals surface area (Å²) in [7, 11) is 2.40. The van der Waals surface area contributed by atoms with Crippen LogP contribution in [0.3, 0.4) is 0 Å². The molecule has 0 aliphatic carbocycles. The molecule has 0 aliphatic heterocycles. The predicted octanol–water partition coefficient (Wildman–Crippen LogP) is -4.75. The molecule has 6 atom stereocenters. The lowest BCUT2D eigenvalue weighted by Gasteiger charge is -2.35. The second-order valence-corrected chi connectivity index (χ2v) is 16.1. The summed E-state index contributed by atoms with van der Waals surface area (Å²) >= 11 is 0. The molecule has 0 saturated heterocycles. The lowest BCUT2D eigenvalue weighted by Crippen LogP contribution is -2.50. The van der Waals surface area contributed by atoms with Crippen molar-refractivity contribution in [3.63, 3.8) is 0 Å². The summed E-state index contributed by atoms with van der Waals surface area (Å²) in [6, 6.07) is 0. The van der Waals surface area contributed by atoms with Gasteiger partial charge in [-0.1, -0.05) is 0 Å². The number of nitrogens with zero attached hydrogens (tertiary/aromatic N) is 2. The lowest BCUT2D eigenvalue weighted by atomic mass is 9.89. The first-order valence-corrected chi connectivity index (χ1v) is 21.5. The zero-order chi connectivity index (χ0) is 51.7. The van der Waals surface area contributed by atoms with Crippen molar-refractivity contribution in [1.82, 2.24) is 21.3 Å². The Hall–Kier alpha value is -5.22. The Balaban J connectivity index is 2.92. The summed E-state index contributed by atoms with van der Waals surface area (Å²) in [5.74, 6) is -5.07. The van der Waals surface area contributed by atoms with E-state index in [1.807, 2.05) is 0 Å². The Labute approximate surface area is 393 Å². The molecule has 6 unspecified atom stereocenters. The number of aliphatic hydroxyl groups is 10. The molecule has 14 N–H and O–H groups in total. The van der Waals surface area contributed by atoms with Crippen molar-refractivity contribution in [3.05, 3.63) is 55.6 Å². The fourth-order valence-corrected chi connectivity index (χ4v) is 7.69. The van der Waals surface area contributed by atoms with E-state index in [0.29, 0.717) is 0 Å². The first-order valence-electron chi connectivity index (χ1n) is 21.5. The standard InChI is InChI=1S/C44H68N6O18/c1-21-35(41(63)45-9-27(55)15-51)23(3)39(24(4)36(21)42(64)46-10-28(56)16-52)49(33(61)19-67-7)13-31(59)32(60)14-50(34(62)20-68-8)40-25(5)37(43(65)47-11-29(57)17-53)22(2)38(26(40)6)44(66)48-12-30(58)18-54/h27-32,51-60H,9-20H2,1-8H3,(H,45,63)(H,46,64)(H,47,65)(H,48,66). The van der Waals surface area contributed by atoms with E-state index in [2.05, 4.69) is 21.3 Å². The van der Waals surface area contributed by atoms with E-state index in [1.165, 1.54) is 55.8 Å². The minimum Gasteiger partial charge on any atom is -0.394 e. The highest BCUT2D eigenvalue weighted by atomic mass is 16.5. The third-order valence-corrected chi connectivity index (χ3v) is 11.0. The van der Waals surface area contributed by atoms with Crippen molar-refractivity contribution in [2.75, 3.05) is 103 Å². The largest absolute Gasteiger partial charge is 0.394 e. The van der Waals surface area contributed by atoms with Gasteiger partial charge in [0.25, 0.3) is 35.4 Å². The van der Waals surface area contributed by atoms with Crippen LogP contribution in [0.15, 0.2) is 0 Å². The molecule has 0 radical (unpaired) electrons. The number of hydrogen-bond donors (Lipinski definition) is 14. The van der Waals surface area contributed by atoms with E-state index in [0.717, 1.165) is 9.80 Å². The predicted molar refractivity (Wildman–Crippen MR) is 243 cm³/mol. The monoisotopic (exact) mass is 968 g/mol. The Morgan fingerprint density at radius 1 is 0.426 bits per heavy atom. The van der Waals surface area contributed by atoms with Crippen LogP contribution in [0.1, 0.15) is 74.8 Å². The number of carbonyl (C=O) groups excluding carboxylic acids is 6. The number of methoxy groups -OCH3 is 2. The molecule has 2 rings (SSSR count). The number of ether oxygens (including phenoxy) is 2. The van der Waals surface area contributed by atoms with Crippen LogP contribution in [0, 0.1) is 41.5 Å². The average molecular weight is 969 g/mol. The van der Waals surface area contributed by atoms with Crippen LogP contribution in [-0.2, 0) is 19.1 Å². The van der Waals surface area contributed by atoms with Crippen LogP contribution in [0.2, 0.25) is 0 Å². The zero-order valence-electron chi connectivity index (χ0n) is 39.6. The van der Waals surface area contributed by atoms with Gasteiger partial charge in [0.15, 0.2) is 0 Å². The van der Waals surface area contributed by atoms with Gasteiger partial charge in [0, 0.05) is 62.7 Å². The van der Waals surface area contributed by atoms with Crippen LogP contribution < -0.4 is 31.1 Å². The Morgan fingerprint density at radius 2 is 0.647 bits per heavy atom. The molecule has 0 spiro atoms. The Bertz CT molecular complexity index is 1850. The van der Waals surface area contributed by atoms with Gasteiger partial charge in [-0.2, -0.15) is 0 Å². The molecule has 24 heteroatoms. The van der Waals surface area contributed by atoms with E-state index in [9.17, 15) is 79.8 Å². The van der Waals surface area contributed by atoms with Crippen LogP contribution in [-0.4, -0.2) is 216 Å². The van der Waals surface area contributed by atoms with Gasteiger partial charge >= 0.3 is 0 Å². The van der Waals surface area contributed by atoms with Gasteiger partial charge in [0.1, 0.15) is 13.2 Å². The first kappa shape index (κ1) is 58.9. The number of benzene rings is 2. The minimum absolute atomic E-state index is 0.0755. The smallest absolute Gasteiger partial charge is 0.253 e. The van der Waals surface area contributed by atoms with Gasteiger partial charge in [-0.05, 0) is 74.9 Å². The van der Waals surface area contributed by atoms with Crippen molar-refractivity contribution in [2.24, 2.45) is 0 Å². The number of anilines is 2. The second kappa shape index (κ2) is 27.7. The molecule has 2 aromatic carbocycles. The SMILES string of the molecule is COCC(=O)N(CC(O)C(O)CN(C(=O)COC)c1c(C)c(C(=O)NCC(O)CO)c(C)c(C(=O)NCC(O)CO)c1C)c1c(C)c(C(=O)NCC(O)CO)c(C)c(C(=O)NCC(O)CO)c1C. The molecule has 382 valence electrons. The molecule has 2 aromatic rings. The number of amides is 6. The molecule has 0 saturated carbocycles. The quantitative estimate of drug-likeness (QED) is 0.0400. The Morgan fingerprint density at radius 3 is 0.838 bits per heavy atom. The molecule has 0 heterocycles. The number of carbonyl (C=O) groups is 6. The highest BCUT2D eigenvalue weighted by Gasteiger charge is 2.36.